The summed E-state index contributed by atoms with van der Waals surface area (Å²) in [6.45, 7) is 1.46. The van der Waals surface area contributed by atoms with Crippen LogP contribution in [-0.4, -0.2) is 204 Å². The molecule has 0 radical (unpaired) electrons. The Balaban J connectivity index is 1.73. The van der Waals surface area contributed by atoms with E-state index in [1.165, 1.54) is 0 Å². The molecule has 1 aromatic carbocycles. The quantitative estimate of drug-likeness (QED) is 0.0181. The van der Waals surface area contributed by atoms with Crippen LogP contribution in [0.3, 0.4) is 0 Å². The molecule has 2 fully saturated rings. The van der Waals surface area contributed by atoms with Gasteiger partial charge in [0.05, 0.1) is 25.3 Å². The minimum atomic E-state index is -1.80. The molecule has 81 heavy (non-hydrogen) atoms. The Bertz CT molecular complexity index is 2460. The smallest absolute Gasteiger partial charge is 0.305 e. The van der Waals surface area contributed by atoms with Crippen LogP contribution in [0.4, 0.5) is 0 Å². The number of guanidine groups is 1. The largest absolute Gasteiger partial charge is 0.481 e. The van der Waals surface area contributed by atoms with Gasteiger partial charge < -0.3 is 74.1 Å². The van der Waals surface area contributed by atoms with Crippen molar-refractivity contribution in [2.75, 3.05) is 68.9 Å². The first-order valence-corrected chi connectivity index (χ1v) is 29.6. The number of unbranched alkanes of at least 4 members (excludes halogenated alkanes) is 1. The molecular weight excluding hydrogens is 1120 g/mol. The van der Waals surface area contributed by atoms with Gasteiger partial charge in [0, 0.05) is 75.0 Å². The summed E-state index contributed by atoms with van der Waals surface area (Å²) < 4.78 is 5.35. The molecular formula is C49H70N14O15S3. The van der Waals surface area contributed by atoms with Crippen molar-refractivity contribution in [3.05, 3.63) is 48.0 Å². The molecule has 3 aliphatic heterocycles. The third-order valence-corrected chi connectivity index (χ3v) is 15.5. The van der Waals surface area contributed by atoms with E-state index < -0.39 is 132 Å². The lowest BCUT2D eigenvalue weighted by Gasteiger charge is -2.27. The Hall–Kier alpha value is -7.45. The van der Waals surface area contributed by atoms with Gasteiger partial charge in [0.2, 0.25) is 59.1 Å². The van der Waals surface area contributed by atoms with E-state index in [4.69, 9.17) is 15.9 Å². The van der Waals surface area contributed by atoms with E-state index in [0.29, 0.717) is 12.2 Å². The second-order valence-electron chi connectivity index (χ2n) is 18.4. The lowest BCUT2D eigenvalue weighted by atomic mass is 10.0. The van der Waals surface area contributed by atoms with Gasteiger partial charge in [-0.1, -0.05) is 51.9 Å². The average molecular weight is 1190 g/mol. The number of rotatable bonds is 21. The van der Waals surface area contributed by atoms with Gasteiger partial charge in [-0.25, -0.2) is 0 Å². The summed E-state index contributed by atoms with van der Waals surface area (Å²) in [5, 5.41) is 45.5. The van der Waals surface area contributed by atoms with E-state index in [1.807, 2.05) is 0 Å². The Labute approximate surface area is 478 Å². The molecule has 7 atom stereocenters. The fraction of sp³-hybridized carbons (Fsp3) is 0.551. The first-order chi connectivity index (χ1) is 38.7. The number of hydrogen-bond acceptors (Lipinski definition) is 18. The van der Waals surface area contributed by atoms with Crippen LogP contribution in [-0.2, 0) is 73.5 Å². The first kappa shape index (κ1) is 66.1. The number of imide groups is 1. The zero-order valence-corrected chi connectivity index (χ0v) is 46.9. The van der Waals surface area contributed by atoms with E-state index in [0.717, 1.165) is 50.4 Å². The van der Waals surface area contributed by atoms with Gasteiger partial charge in [0.1, 0.15) is 42.3 Å². The van der Waals surface area contributed by atoms with Crippen molar-refractivity contribution in [1.82, 2.24) is 63.4 Å². The number of thioether (sulfide) groups is 1. The second kappa shape index (κ2) is 35.3. The average Bonchev–Trinajstić information content (AvgIpc) is 3.75. The standard InChI is InChI=1S/C49H70N14O15S3/c1-2-78-20-18-53-43(72)33-24-79-27-38(66)56-30(11-6-7-16-52-36(64)15-19-63-39(67)13-14-40(63)68)44(73)61-34-25-80-81-26-35(48(77)59-31(45(74)60-33)21-28-9-4-3-5-10-28)62-46(75)32(22-41(69)70)57-37(65)23-55-42(71)29(58-47(34)76)12-8-17-54-49(50)51/h3-5,9-10,13-14,29-35H,2,6-8,11-12,15-27H2,1H3,(H,52,64)(H,53,72)(H,55,71)(H,56,66)(H,57,65)(H,58,76)(H,59,77)(H,60,74)(H,61,73)(H,62,75)(H,69,70)(H4,50,51,54)/t29-,30-,31-,32-,33-,34-,35-/m0/s1. The number of hydrogen-bond donors (Lipinski definition) is 14. The molecule has 3 aliphatic rings. The number of carbonyl (C=O) groups is 13. The Morgan fingerprint density at radius 1 is 0.679 bits per heavy atom. The lowest BCUT2D eigenvalue weighted by molar-refractivity contribution is -0.141. The highest BCUT2D eigenvalue weighted by molar-refractivity contribution is 8.76. The van der Waals surface area contributed by atoms with Crippen molar-refractivity contribution < 1.29 is 72.2 Å². The molecule has 4 rings (SSSR count). The molecule has 15 N–H and O–H groups in total. The van der Waals surface area contributed by atoms with Crippen molar-refractivity contribution >= 4 is 116 Å². The number of nitrogens with one attached hydrogen (secondary N) is 12. The third kappa shape index (κ3) is 24.4. The molecule has 32 heteroatoms. The third-order valence-electron chi connectivity index (χ3n) is 12.1. The maximum atomic E-state index is 14.5. The van der Waals surface area contributed by atoms with Crippen molar-refractivity contribution in [3.63, 3.8) is 0 Å². The second-order valence-corrected chi connectivity index (χ2v) is 21.9. The molecule has 3 heterocycles. The number of ether oxygens (including phenoxy) is 1. The fourth-order valence-electron chi connectivity index (χ4n) is 7.86. The van der Waals surface area contributed by atoms with Crippen LogP contribution in [0.25, 0.3) is 0 Å². The van der Waals surface area contributed by atoms with Crippen LogP contribution < -0.4 is 64.2 Å². The number of carbonyl (C=O) groups excluding carboxylic acids is 12. The molecule has 0 spiro atoms. The summed E-state index contributed by atoms with van der Waals surface area (Å²) >= 11 is 0.914. The molecule has 2 saturated heterocycles. The zero-order valence-electron chi connectivity index (χ0n) is 44.4. The Morgan fingerprint density at radius 3 is 1.91 bits per heavy atom. The van der Waals surface area contributed by atoms with Crippen LogP contribution in [0, 0.1) is 5.41 Å². The number of fused-ring (bicyclic) bond motifs is 5. The number of benzene rings is 1. The number of amides is 12. The van der Waals surface area contributed by atoms with E-state index >= 15 is 0 Å². The van der Waals surface area contributed by atoms with Crippen LogP contribution in [0.1, 0.15) is 57.4 Å². The summed E-state index contributed by atoms with van der Waals surface area (Å²) in [7, 11) is 1.83. The van der Waals surface area contributed by atoms with Gasteiger partial charge in [-0.3, -0.25) is 72.6 Å². The van der Waals surface area contributed by atoms with Crippen LogP contribution in [0.5, 0.6) is 0 Å². The Morgan fingerprint density at radius 2 is 1.27 bits per heavy atom. The van der Waals surface area contributed by atoms with Gasteiger partial charge in [0.15, 0.2) is 5.96 Å². The zero-order chi connectivity index (χ0) is 59.3. The SMILES string of the molecule is CCOCCNC(=O)[C@@H]1CSCC(=O)N[C@@H](CCCCNC(=O)CCN2C(=O)C=CC2=O)C(=O)N[C@H]2CSSC[C@H](NC(=O)[C@H](CC(=O)O)NC(=O)CNC(=O)[C@H](CCCNC(=N)N)NC2=O)C(=O)N[C@@H](Cc2ccccc2)C(=O)N1. The molecule has 1 aromatic rings. The van der Waals surface area contributed by atoms with E-state index in [1.54, 1.807) is 37.3 Å². The molecule has 29 nitrogen and oxygen atoms in total. The highest BCUT2D eigenvalue weighted by Crippen LogP contribution is 2.24. The highest BCUT2D eigenvalue weighted by Gasteiger charge is 2.35. The fourth-order valence-corrected chi connectivity index (χ4v) is 11.0. The van der Waals surface area contributed by atoms with Crippen molar-refractivity contribution in [1.29, 1.82) is 5.41 Å². The van der Waals surface area contributed by atoms with Crippen LogP contribution >= 0.6 is 33.3 Å². The maximum Gasteiger partial charge on any atom is 0.305 e. The molecule has 0 saturated carbocycles. The van der Waals surface area contributed by atoms with Crippen molar-refractivity contribution in [2.24, 2.45) is 5.73 Å². The van der Waals surface area contributed by atoms with E-state index in [9.17, 15) is 67.4 Å². The van der Waals surface area contributed by atoms with Gasteiger partial charge in [-0.15, -0.1) is 11.8 Å². The number of aliphatic carboxylic acids is 1. The van der Waals surface area contributed by atoms with Gasteiger partial charge in [-0.05, 0) is 44.6 Å². The summed E-state index contributed by atoms with van der Waals surface area (Å²) in [4.78, 5) is 175. The molecule has 12 amide bonds. The summed E-state index contributed by atoms with van der Waals surface area (Å²) in [5.41, 5.74) is 5.99. The van der Waals surface area contributed by atoms with Gasteiger partial charge >= 0.3 is 5.97 Å². The van der Waals surface area contributed by atoms with E-state index in [-0.39, 0.29) is 107 Å². The lowest BCUT2D eigenvalue weighted by Crippen LogP contribution is -2.60. The number of nitrogens with two attached hydrogens (primary N) is 1. The van der Waals surface area contributed by atoms with Crippen molar-refractivity contribution in [2.45, 2.75) is 101 Å². The van der Waals surface area contributed by atoms with Crippen molar-refractivity contribution in [3.8, 4) is 0 Å². The summed E-state index contributed by atoms with van der Waals surface area (Å²) in [5.74, 6) is -12.7. The molecule has 0 unspecified atom stereocenters. The predicted octanol–water partition coefficient (Wildman–Crippen LogP) is -4.63. The highest BCUT2D eigenvalue weighted by atomic mass is 33.1. The maximum absolute atomic E-state index is 14.5. The van der Waals surface area contributed by atoms with E-state index in [2.05, 4.69) is 58.5 Å². The molecule has 0 aromatic heterocycles. The van der Waals surface area contributed by atoms with Gasteiger partial charge in [0.25, 0.3) is 11.8 Å². The molecule has 0 aliphatic carbocycles. The number of nitrogens with zero attached hydrogens (tertiary/aromatic N) is 1. The minimum Gasteiger partial charge on any atom is -0.481 e. The summed E-state index contributed by atoms with van der Waals surface area (Å²) in [6.07, 6.45) is 1.34. The van der Waals surface area contributed by atoms with Gasteiger partial charge in [-0.2, -0.15) is 0 Å². The molecule has 2 bridgehead atoms. The summed E-state index contributed by atoms with van der Waals surface area (Å²) in [6, 6.07) is -1.91. The predicted molar refractivity (Wildman–Crippen MR) is 297 cm³/mol. The Kier molecular flexibility index (Phi) is 28.8. The molecule has 444 valence electrons. The normalized spacial score (nSPS) is 23.1. The first-order valence-electron chi connectivity index (χ1n) is 25.9. The topological polar surface area (TPSA) is 437 Å². The number of carboxylic acid groups (broad SMARTS) is 1. The van der Waals surface area contributed by atoms with Crippen LogP contribution in [0.15, 0.2) is 42.5 Å². The number of carboxylic acids is 1. The monoisotopic (exact) mass is 1190 g/mol. The van der Waals surface area contributed by atoms with Crippen LogP contribution in [0.2, 0.25) is 0 Å². The minimum absolute atomic E-state index is 0.0403.